The summed E-state index contributed by atoms with van der Waals surface area (Å²) in [6.07, 6.45) is 3.67. The first-order chi connectivity index (χ1) is 27.3. The van der Waals surface area contributed by atoms with Gasteiger partial charge in [0.05, 0.1) is 5.41 Å². The van der Waals surface area contributed by atoms with E-state index in [1.807, 2.05) is 30.5 Å². The summed E-state index contributed by atoms with van der Waals surface area (Å²) < 4.78 is 0. The molecular formula is C51H32N4. The summed E-state index contributed by atoms with van der Waals surface area (Å²) in [4.78, 5) is 19.8. The standard InChI is InChI=1S/C51H32N4/c1-2-13-34(14-3-1)48-53-49(35-26-24-33(25-27-35)37-15-12-30-52-32-37)55-50(54-48)36-28-29-43-39-17-5-4-16-38(39)40-18-6-9-21-44(40)51(47(43)31-36)45-22-10-7-19-41(45)42-20-8-11-23-46(42)51/h1-32H. The Morgan fingerprint density at radius 2 is 0.709 bits per heavy atom. The van der Waals surface area contributed by atoms with Gasteiger partial charge in [-0.2, -0.15) is 0 Å². The van der Waals surface area contributed by atoms with E-state index in [1.54, 1.807) is 6.20 Å². The van der Waals surface area contributed by atoms with Crippen LogP contribution in [0.2, 0.25) is 0 Å². The van der Waals surface area contributed by atoms with E-state index < -0.39 is 5.41 Å². The number of benzene rings is 7. The lowest BCUT2D eigenvalue weighted by Gasteiger charge is -2.35. The van der Waals surface area contributed by atoms with Crippen LogP contribution in [0.15, 0.2) is 194 Å². The Labute approximate surface area is 319 Å². The number of hydrogen-bond acceptors (Lipinski definition) is 4. The van der Waals surface area contributed by atoms with Gasteiger partial charge >= 0.3 is 0 Å². The Balaban J connectivity index is 1.18. The molecule has 2 heterocycles. The Kier molecular flexibility index (Phi) is 7.04. The van der Waals surface area contributed by atoms with Gasteiger partial charge in [0.2, 0.25) is 0 Å². The molecule has 2 aliphatic rings. The molecule has 0 fully saturated rings. The summed E-state index contributed by atoms with van der Waals surface area (Å²) in [7, 11) is 0. The number of hydrogen-bond donors (Lipinski definition) is 0. The van der Waals surface area contributed by atoms with Crippen molar-refractivity contribution in [2.45, 2.75) is 5.41 Å². The number of pyridine rings is 1. The van der Waals surface area contributed by atoms with Crippen LogP contribution < -0.4 is 0 Å². The molecule has 4 heteroatoms. The van der Waals surface area contributed by atoms with Crippen LogP contribution in [0.3, 0.4) is 0 Å². The molecule has 0 unspecified atom stereocenters. The summed E-state index contributed by atoms with van der Waals surface area (Å²) in [5.74, 6) is 1.89. The zero-order chi connectivity index (χ0) is 36.3. The third-order valence-electron chi connectivity index (χ3n) is 11.3. The maximum absolute atomic E-state index is 5.23. The molecule has 9 aromatic rings. The normalized spacial score (nSPS) is 12.9. The maximum Gasteiger partial charge on any atom is 0.164 e. The lowest BCUT2D eigenvalue weighted by molar-refractivity contribution is 0.775. The van der Waals surface area contributed by atoms with E-state index in [2.05, 4.69) is 163 Å². The fourth-order valence-corrected chi connectivity index (χ4v) is 8.88. The molecule has 0 N–H and O–H groups in total. The van der Waals surface area contributed by atoms with Crippen LogP contribution in [-0.4, -0.2) is 19.9 Å². The first-order valence-electron chi connectivity index (χ1n) is 18.6. The Bertz CT molecular complexity index is 2870. The summed E-state index contributed by atoms with van der Waals surface area (Å²) in [5.41, 5.74) is 16.8. The van der Waals surface area contributed by atoms with Gasteiger partial charge in [0.25, 0.3) is 0 Å². The maximum atomic E-state index is 5.23. The summed E-state index contributed by atoms with van der Waals surface area (Å²) in [5, 5.41) is 0. The van der Waals surface area contributed by atoms with Crippen LogP contribution in [-0.2, 0) is 5.41 Å². The van der Waals surface area contributed by atoms with Crippen molar-refractivity contribution >= 4 is 0 Å². The zero-order valence-electron chi connectivity index (χ0n) is 29.8. The van der Waals surface area contributed by atoms with Gasteiger partial charge in [-0.1, -0.05) is 170 Å². The second-order valence-electron chi connectivity index (χ2n) is 14.2. The number of rotatable bonds is 4. The van der Waals surface area contributed by atoms with Gasteiger partial charge in [0.15, 0.2) is 17.5 Å². The summed E-state index contributed by atoms with van der Waals surface area (Å²) in [6.45, 7) is 0. The van der Waals surface area contributed by atoms with Crippen molar-refractivity contribution in [3.05, 3.63) is 217 Å². The quantitative estimate of drug-likeness (QED) is 0.183. The first-order valence-corrected chi connectivity index (χ1v) is 18.6. The third kappa shape index (κ3) is 4.78. The van der Waals surface area contributed by atoms with Gasteiger partial charge in [0, 0.05) is 29.1 Å². The lowest BCUT2D eigenvalue weighted by Crippen LogP contribution is -2.29. The molecule has 1 spiro atoms. The molecular weight excluding hydrogens is 669 g/mol. The Morgan fingerprint density at radius 3 is 1.27 bits per heavy atom. The monoisotopic (exact) mass is 700 g/mol. The van der Waals surface area contributed by atoms with Gasteiger partial charge in [0.1, 0.15) is 0 Å². The molecule has 0 saturated heterocycles. The molecule has 0 bridgehead atoms. The van der Waals surface area contributed by atoms with Crippen LogP contribution >= 0.6 is 0 Å². The first kappa shape index (κ1) is 31.2. The molecule has 7 aromatic carbocycles. The van der Waals surface area contributed by atoms with Crippen LogP contribution in [0.1, 0.15) is 22.3 Å². The van der Waals surface area contributed by atoms with Crippen molar-refractivity contribution in [3.8, 4) is 78.7 Å². The van der Waals surface area contributed by atoms with E-state index in [0.717, 1.165) is 27.8 Å². The van der Waals surface area contributed by atoms with Crippen molar-refractivity contribution in [3.63, 3.8) is 0 Å². The smallest absolute Gasteiger partial charge is 0.164 e. The molecule has 4 nitrogen and oxygen atoms in total. The Morgan fingerprint density at radius 1 is 0.291 bits per heavy atom. The third-order valence-corrected chi connectivity index (χ3v) is 11.3. The predicted octanol–water partition coefficient (Wildman–Crippen LogP) is 11.9. The van der Waals surface area contributed by atoms with Gasteiger partial charge in [-0.05, 0) is 78.9 Å². The van der Waals surface area contributed by atoms with E-state index in [4.69, 9.17) is 15.0 Å². The molecule has 256 valence electrons. The van der Waals surface area contributed by atoms with E-state index in [-0.39, 0.29) is 0 Å². The molecule has 2 aliphatic carbocycles. The minimum atomic E-state index is -0.589. The van der Waals surface area contributed by atoms with Gasteiger partial charge in [-0.3, -0.25) is 4.98 Å². The van der Waals surface area contributed by atoms with Gasteiger partial charge in [-0.15, -0.1) is 0 Å². The van der Waals surface area contributed by atoms with Crippen LogP contribution in [0.5, 0.6) is 0 Å². The number of aromatic nitrogens is 4. The number of nitrogens with zero attached hydrogens (tertiary/aromatic N) is 4. The van der Waals surface area contributed by atoms with Gasteiger partial charge in [-0.25, -0.2) is 15.0 Å². The molecule has 11 rings (SSSR count). The fraction of sp³-hybridized carbons (Fsp3) is 0.0196. The molecule has 0 saturated carbocycles. The average molecular weight is 701 g/mol. The predicted molar refractivity (Wildman–Crippen MR) is 221 cm³/mol. The van der Waals surface area contributed by atoms with Crippen LogP contribution in [0, 0.1) is 0 Å². The average Bonchev–Trinajstić information content (AvgIpc) is 3.52. The topological polar surface area (TPSA) is 51.6 Å². The molecule has 0 radical (unpaired) electrons. The van der Waals surface area contributed by atoms with Crippen molar-refractivity contribution in [1.82, 2.24) is 19.9 Å². The van der Waals surface area contributed by atoms with Crippen LogP contribution in [0.25, 0.3) is 78.7 Å². The minimum Gasteiger partial charge on any atom is -0.264 e. The lowest BCUT2D eigenvalue weighted by atomic mass is 9.65. The molecule has 0 atom stereocenters. The highest BCUT2D eigenvalue weighted by Gasteiger charge is 2.49. The van der Waals surface area contributed by atoms with Crippen LogP contribution in [0.4, 0.5) is 0 Å². The minimum absolute atomic E-state index is 0.589. The largest absolute Gasteiger partial charge is 0.264 e. The van der Waals surface area contributed by atoms with E-state index in [0.29, 0.717) is 17.5 Å². The second kappa shape index (κ2) is 12.4. The summed E-state index contributed by atoms with van der Waals surface area (Å²) >= 11 is 0. The van der Waals surface area contributed by atoms with Gasteiger partial charge < -0.3 is 0 Å². The molecule has 0 amide bonds. The van der Waals surface area contributed by atoms with E-state index in [9.17, 15) is 0 Å². The summed E-state index contributed by atoms with van der Waals surface area (Å²) in [6, 6.07) is 65.1. The van der Waals surface area contributed by atoms with E-state index in [1.165, 1.54) is 55.6 Å². The highest BCUT2D eigenvalue weighted by molar-refractivity contribution is 5.97. The fourth-order valence-electron chi connectivity index (χ4n) is 8.88. The molecule has 2 aromatic heterocycles. The SMILES string of the molecule is c1ccc(-c2nc(-c3ccc(-c4cccnc4)cc3)nc(-c3ccc4c(c3)C3(c5ccccc5-c5ccccc5-4)c4ccccc4-c4ccccc43)n2)cc1. The van der Waals surface area contributed by atoms with Crippen molar-refractivity contribution < 1.29 is 0 Å². The van der Waals surface area contributed by atoms with Crippen molar-refractivity contribution in [1.29, 1.82) is 0 Å². The van der Waals surface area contributed by atoms with Crippen molar-refractivity contribution in [2.24, 2.45) is 0 Å². The van der Waals surface area contributed by atoms with E-state index >= 15 is 0 Å². The van der Waals surface area contributed by atoms with Crippen molar-refractivity contribution in [2.75, 3.05) is 0 Å². The molecule has 0 aliphatic heterocycles. The Hall–Kier alpha value is -7.30. The second-order valence-corrected chi connectivity index (χ2v) is 14.2. The highest BCUT2D eigenvalue weighted by atomic mass is 15.0. The highest BCUT2D eigenvalue weighted by Crippen LogP contribution is 2.61. The molecule has 55 heavy (non-hydrogen) atoms. The number of fused-ring (bicyclic) bond motifs is 12. The zero-order valence-corrected chi connectivity index (χ0v) is 29.8.